The predicted molar refractivity (Wildman–Crippen MR) is 80.8 cm³/mol. The molecule has 2 aromatic rings. The van der Waals surface area contributed by atoms with Crippen molar-refractivity contribution in [1.29, 1.82) is 0 Å². The first kappa shape index (κ1) is 13.9. The number of carbonyl (C=O) groups excluding carboxylic acids is 1. The Bertz CT molecular complexity index is 611. The molecule has 2 rings (SSSR count). The lowest BCUT2D eigenvalue weighted by molar-refractivity contribution is -0.122. The van der Waals surface area contributed by atoms with Crippen LogP contribution in [0.3, 0.4) is 0 Å². The molecule has 0 bridgehead atoms. The third-order valence-corrected chi connectivity index (χ3v) is 2.94. The van der Waals surface area contributed by atoms with Crippen LogP contribution < -0.4 is 15.8 Å². The lowest BCUT2D eigenvalue weighted by Crippen LogP contribution is -2.30. The van der Waals surface area contributed by atoms with Crippen LogP contribution in [0.5, 0.6) is 5.75 Å². The van der Waals surface area contributed by atoms with Gasteiger partial charge in [-0.1, -0.05) is 24.3 Å². The van der Waals surface area contributed by atoms with Gasteiger partial charge in [0, 0.05) is 17.4 Å². The fourth-order valence-corrected chi connectivity index (χ4v) is 1.79. The van der Waals surface area contributed by atoms with Crippen LogP contribution in [-0.4, -0.2) is 12.0 Å². The van der Waals surface area contributed by atoms with Gasteiger partial charge in [-0.05, 0) is 37.6 Å². The highest BCUT2D eigenvalue weighted by Crippen LogP contribution is 2.17. The highest BCUT2D eigenvalue weighted by Gasteiger charge is 2.15. The fraction of sp³-hybridized carbons (Fsp3) is 0.188. The molecule has 2 aromatic carbocycles. The van der Waals surface area contributed by atoms with Crippen LogP contribution in [-0.2, 0) is 4.79 Å². The van der Waals surface area contributed by atoms with Gasteiger partial charge in [0.05, 0.1) is 0 Å². The summed E-state index contributed by atoms with van der Waals surface area (Å²) < 4.78 is 5.58. The van der Waals surface area contributed by atoms with E-state index >= 15 is 0 Å². The summed E-state index contributed by atoms with van der Waals surface area (Å²) >= 11 is 0. The minimum atomic E-state index is -0.601. The van der Waals surface area contributed by atoms with Crippen LogP contribution in [0.4, 0.5) is 11.4 Å². The summed E-state index contributed by atoms with van der Waals surface area (Å²) in [7, 11) is 0. The Morgan fingerprint density at radius 1 is 1.20 bits per heavy atom. The number of hydrogen-bond acceptors (Lipinski definition) is 3. The van der Waals surface area contributed by atoms with Crippen molar-refractivity contribution >= 4 is 17.3 Å². The molecule has 0 aliphatic heterocycles. The zero-order valence-electron chi connectivity index (χ0n) is 11.6. The van der Waals surface area contributed by atoms with Crippen LogP contribution in [0.2, 0.25) is 0 Å². The zero-order chi connectivity index (χ0) is 14.5. The van der Waals surface area contributed by atoms with Crippen LogP contribution in [0.25, 0.3) is 0 Å². The molecular weight excluding hydrogens is 252 g/mol. The highest BCUT2D eigenvalue weighted by molar-refractivity contribution is 5.94. The van der Waals surface area contributed by atoms with Crippen molar-refractivity contribution in [2.45, 2.75) is 20.0 Å². The highest BCUT2D eigenvalue weighted by atomic mass is 16.5. The number of ether oxygens (including phenoxy) is 1. The molecule has 3 N–H and O–H groups in total. The summed E-state index contributed by atoms with van der Waals surface area (Å²) in [5, 5.41) is 2.85. The minimum Gasteiger partial charge on any atom is -0.481 e. The quantitative estimate of drug-likeness (QED) is 0.839. The molecule has 0 heterocycles. The van der Waals surface area contributed by atoms with E-state index in [-0.39, 0.29) is 5.91 Å². The van der Waals surface area contributed by atoms with Crippen LogP contribution in [0, 0.1) is 6.92 Å². The lowest BCUT2D eigenvalue weighted by Gasteiger charge is -2.15. The first-order valence-electron chi connectivity index (χ1n) is 6.45. The summed E-state index contributed by atoms with van der Waals surface area (Å²) in [5.74, 6) is 0.388. The number of nitrogens with two attached hydrogens (primary N) is 1. The first-order chi connectivity index (χ1) is 9.56. The summed E-state index contributed by atoms with van der Waals surface area (Å²) in [6.45, 7) is 3.65. The van der Waals surface area contributed by atoms with E-state index in [0.717, 1.165) is 11.3 Å². The summed E-state index contributed by atoms with van der Waals surface area (Å²) in [6.07, 6.45) is -0.601. The Labute approximate surface area is 118 Å². The van der Waals surface area contributed by atoms with E-state index in [0.29, 0.717) is 11.4 Å². The van der Waals surface area contributed by atoms with Gasteiger partial charge in [-0.25, -0.2) is 0 Å². The van der Waals surface area contributed by atoms with E-state index in [1.807, 2.05) is 31.2 Å². The monoisotopic (exact) mass is 270 g/mol. The van der Waals surface area contributed by atoms with Crippen molar-refractivity contribution in [3.63, 3.8) is 0 Å². The molecule has 0 aliphatic rings. The molecule has 0 spiro atoms. The number of hydrogen-bond donors (Lipinski definition) is 2. The molecule has 1 amide bonds. The Kier molecular flexibility index (Phi) is 4.25. The predicted octanol–water partition coefficient (Wildman–Crippen LogP) is 2.98. The third kappa shape index (κ3) is 3.51. The van der Waals surface area contributed by atoms with E-state index in [1.165, 1.54) is 0 Å². The number of nitrogen functional groups attached to an aromatic ring is 1. The maximum Gasteiger partial charge on any atom is 0.265 e. The third-order valence-electron chi connectivity index (χ3n) is 2.94. The van der Waals surface area contributed by atoms with Crippen molar-refractivity contribution in [3.8, 4) is 5.75 Å². The Balaban J connectivity index is 2.01. The van der Waals surface area contributed by atoms with Crippen LogP contribution in [0.15, 0.2) is 48.5 Å². The first-order valence-corrected chi connectivity index (χ1v) is 6.45. The number of benzene rings is 2. The second-order valence-electron chi connectivity index (χ2n) is 4.64. The number of aryl methyl sites for hydroxylation is 1. The largest absolute Gasteiger partial charge is 0.481 e. The van der Waals surface area contributed by atoms with E-state index in [2.05, 4.69) is 5.32 Å². The van der Waals surface area contributed by atoms with Crippen LogP contribution in [0.1, 0.15) is 12.5 Å². The van der Waals surface area contributed by atoms with Crippen LogP contribution >= 0.6 is 0 Å². The van der Waals surface area contributed by atoms with Gasteiger partial charge in [0.15, 0.2) is 6.10 Å². The average Bonchev–Trinajstić information content (AvgIpc) is 2.41. The van der Waals surface area contributed by atoms with Gasteiger partial charge < -0.3 is 15.8 Å². The summed E-state index contributed by atoms with van der Waals surface area (Å²) in [4.78, 5) is 12.1. The molecule has 0 fully saturated rings. The smallest absolute Gasteiger partial charge is 0.265 e. The van der Waals surface area contributed by atoms with E-state index in [9.17, 15) is 4.79 Å². The lowest BCUT2D eigenvalue weighted by atomic mass is 10.2. The number of rotatable bonds is 4. The van der Waals surface area contributed by atoms with Gasteiger partial charge in [0.2, 0.25) is 0 Å². The van der Waals surface area contributed by atoms with Gasteiger partial charge in [-0.15, -0.1) is 0 Å². The summed E-state index contributed by atoms with van der Waals surface area (Å²) in [6, 6.07) is 14.6. The maximum absolute atomic E-state index is 12.1. The molecule has 0 aromatic heterocycles. The van der Waals surface area contributed by atoms with Crippen molar-refractivity contribution in [2.75, 3.05) is 11.1 Å². The number of para-hydroxylation sites is 1. The normalized spacial score (nSPS) is 11.7. The number of anilines is 2. The molecule has 104 valence electrons. The van der Waals surface area contributed by atoms with Crippen molar-refractivity contribution in [3.05, 3.63) is 54.1 Å². The Morgan fingerprint density at radius 2 is 1.95 bits per heavy atom. The number of nitrogens with one attached hydrogen (secondary N) is 1. The van der Waals surface area contributed by atoms with Crippen molar-refractivity contribution in [1.82, 2.24) is 0 Å². The second kappa shape index (κ2) is 6.10. The molecule has 0 unspecified atom stereocenters. The molecule has 0 saturated heterocycles. The van der Waals surface area contributed by atoms with Crippen molar-refractivity contribution in [2.24, 2.45) is 0 Å². The molecule has 0 saturated carbocycles. The van der Waals surface area contributed by atoms with Crippen molar-refractivity contribution < 1.29 is 9.53 Å². The molecule has 0 radical (unpaired) electrons. The summed E-state index contributed by atoms with van der Waals surface area (Å²) in [5.41, 5.74) is 8.08. The molecule has 20 heavy (non-hydrogen) atoms. The number of carbonyl (C=O) groups is 1. The number of amides is 1. The Morgan fingerprint density at radius 3 is 2.65 bits per heavy atom. The van der Waals surface area contributed by atoms with Gasteiger partial charge >= 0.3 is 0 Å². The maximum atomic E-state index is 12.1. The van der Waals surface area contributed by atoms with Gasteiger partial charge in [-0.2, -0.15) is 0 Å². The molecule has 4 heteroatoms. The van der Waals surface area contributed by atoms with Gasteiger partial charge in [-0.3, -0.25) is 4.79 Å². The SMILES string of the molecule is Cc1ccccc1NC(=O)[C@@H](C)Oc1cccc(N)c1. The van der Waals surface area contributed by atoms with E-state index in [1.54, 1.807) is 31.2 Å². The standard InChI is InChI=1S/C16H18N2O2/c1-11-6-3-4-9-15(11)18-16(19)12(2)20-14-8-5-7-13(17)10-14/h3-10,12H,17H2,1-2H3,(H,18,19)/t12-/m1/s1. The van der Waals surface area contributed by atoms with E-state index < -0.39 is 6.10 Å². The average molecular weight is 270 g/mol. The van der Waals surface area contributed by atoms with Gasteiger partial charge in [0.1, 0.15) is 5.75 Å². The molecule has 1 atom stereocenters. The zero-order valence-corrected chi connectivity index (χ0v) is 11.6. The fourth-order valence-electron chi connectivity index (χ4n) is 1.79. The second-order valence-corrected chi connectivity index (χ2v) is 4.64. The minimum absolute atomic E-state index is 0.193. The molecule has 4 nitrogen and oxygen atoms in total. The molecular formula is C16H18N2O2. The van der Waals surface area contributed by atoms with Gasteiger partial charge in [0.25, 0.3) is 5.91 Å². The molecule has 0 aliphatic carbocycles. The van der Waals surface area contributed by atoms with E-state index in [4.69, 9.17) is 10.5 Å². The Hall–Kier alpha value is -2.49. The topological polar surface area (TPSA) is 64.3 Å².